The van der Waals surface area contributed by atoms with Crippen molar-refractivity contribution in [3.8, 4) is 0 Å². The molecule has 1 aliphatic rings. The Kier molecular flexibility index (Phi) is 7.11. The number of carboxylic acid groups (broad SMARTS) is 1. The molecule has 1 aliphatic heterocycles. The van der Waals surface area contributed by atoms with Crippen molar-refractivity contribution in [2.24, 2.45) is 5.92 Å². The summed E-state index contributed by atoms with van der Waals surface area (Å²) in [5, 5.41) is 25.9. The third kappa shape index (κ3) is 4.62. The van der Waals surface area contributed by atoms with E-state index in [-0.39, 0.29) is 11.3 Å². The molecule has 2 aromatic heterocycles. The first-order chi connectivity index (χ1) is 18.3. The monoisotopic (exact) mass is 566 g/mol. The molecule has 2 aromatic carbocycles. The zero-order valence-corrected chi connectivity index (χ0v) is 21.9. The Morgan fingerprint density at radius 3 is 2.32 bits per heavy atom. The summed E-state index contributed by atoms with van der Waals surface area (Å²) in [6.45, 7) is 0. The molecule has 8 nitrogen and oxygen atoms in total. The Balaban J connectivity index is 1.78. The van der Waals surface area contributed by atoms with E-state index in [1.165, 1.54) is 40.5 Å². The van der Waals surface area contributed by atoms with Gasteiger partial charge < -0.3 is 10.0 Å². The molecule has 4 atom stereocenters. The molecule has 0 spiro atoms. The van der Waals surface area contributed by atoms with Crippen molar-refractivity contribution in [3.63, 3.8) is 0 Å². The minimum Gasteiger partial charge on any atom is -0.480 e. The van der Waals surface area contributed by atoms with E-state index in [2.05, 4.69) is 0 Å². The first-order valence-electron chi connectivity index (χ1n) is 11.4. The molecule has 1 N–H and O–H groups in total. The molecular formula is C27H19ClN2O6S2. The van der Waals surface area contributed by atoms with Gasteiger partial charge in [0.2, 0.25) is 0 Å². The van der Waals surface area contributed by atoms with Gasteiger partial charge >= 0.3 is 5.97 Å². The molecule has 0 aliphatic carbocycles. The molecule has 3 heterocycles. The number of amides is 1. The minimum atomic E-state index is -1.40. The van der Waals surface area contributed by atoms with Crippen molar-refractivity contribution >= 4 is 57.6 Å². The third-order valence-corrected chi connectivity index (χ3v) is 8.66. The molecule has 5 rings (SSSR count). The van der Waals surface area contributed by atoms with Crippen LogP contribution in [0.5, 0.6) is 0 Å². The highest BCUT2D eigenvalue weighted by Gasteiger charge is 2.58. The van der Waals surface area contributed by atoms with Crippen LogP contribution in [0, 0.1) is 16.0 Å². The van der Waals surface area contributed by atoms with Gasteiger partial charge in [0.15, 0.2) is 5.78 Å². The zero-order valence-electron chi connectivity index (χ0n) is 19.5. The number of nitro groups is 1. The van der Waals surface area contributed by atoms with Gasteiger partial charge in [-0.1, -0.05) is 48.0 Å². The normalized spacial score (nSPS) is 20.8. The number of halogens is 1. The van der Waals surface area contributed by atoms with Crippen LogP contribution in [-0.4, -0.2) is 38.6 Å². The van der Waals surface area contributed by atoms with Crippen LogP contribution in [0.4, 0.5) is 5.69 Å². The van der Waals surface area contributed by atoms with Gasteiger partial charge in [-0.15, -0.1) is 22.7 Å². The van der Waals surface area contributed by atoms with Gasteiger partial charge in [0.1, 0.15) is 6.04 Å². The van der Waals surface area contributed by atoms with E-state index in [0.29, 0.717) is 20.3 Å². The Morgan fingerprint density at radius 2 is 1.68 bits per heavy atom. The van der Waals surface area contributed by atoms with E-state index in [0.717, 1.165) is 11.3 Å². The van der Waals surface area contributed by atoms with Crippen LogP contribution in [0.25, 0.3) is 0 Å². The summed E-state index contributed by atoms with van der Waals surface area (Å²) in [7, 11) is 0. The highest BCUT2D eigenvalue weighted by Crippen LogP contribution is 2.53. The van der Waals surface area contributed by atoms with Gasteiger partial charge in [-0.05, 0) is 40.6 Å². The summed E-state index contributed by atoms with van der Waals surface area (Å²) < 4.78 is 0. The second kappa shape index (κ2) is 10.5. The number of hydrogen-bond donors (Lipinski definition) is 1. The number of Topliss-reactive ketones (excluding diaryl/α,β-unsaturated/α-hetero) is 1. The zero-order chi connectivity index (χ0) is 27.0. The molecule has 0 bridgehead atoms. The smallest absolute Gasteiger partial charge is 0.327 e. The maximum absolute atomic E-state index is 14.2. The van der Waals surface area contributed by atoms with Crippen LogP contribution in [0.15, 0.2) is 83.6 Å². The molecule has 0 saturated carbocycles. The number of nitrogens with zero attached hydrogens (tertiary/aromatic N) is 2. The average molecular weight is 567 g/mol. The summed E-state index contributed by atoms with van der Waals surface area (Å²) in [5.41, 5.74) is 0.329. The highest BCUT2D eigenvalue weighted by molar-refractivity contribution is 7.12. The fourth-order valence-electron chi connectivity index (χ4n) is 5.11. The van der Waals surface area contributed by atoms with Gasteiger partial charge in [-0.3, -0.25) is 19.7 Å². The van der Waals surface area contributed by atoms with Crippen LogP contribution in [-0.2, 0) is 4.79 Å². The molecule has 1 saturated heterocycles. The number of carbonyl (C=O) groups is 3. The Bertz CT molecular complexity index is 1520. The van der Waals surface area contributed by atoms with E-state index in [9.17, 15) is 29.6 Å². The lowest BCUT2D eigenvalue weighted by Crippen LogP contribution is -2.43. The molecule has 1 fully saturated rings. The molecule has 11 heteroatoms. The Morgan fingerprint density at radius 1 is 0.947 bits per heavy atom. The van der Waals surface area contributed by atoms with Crippen LogP contribution in [0.1, 0.15) is 42.4 Å². The number of hydrogen-bond acceptors (Lipinski definition) is 7. The largest absolute Gasteiger partial charge is 0.480 e. The highest BCUT2D eigenvalue weighted by atomic mass is 35.5. The van der Waals surface area contributed by atoms with Gasteiger partial charge in [0, 0.05) is 33.5 Å². The summed E-state index contributed by atoms with van der Waals surface area (Å²) in [6.07, 6.45) is 0. The van der Waals surface area contributed by atoms with Crippen LogP contribution < -0.4 is 0 Å². The number of rotatable bonds is 7. The second-order valence-electron chi connectivity index (χ2n) is 8.71. The fourth-order valence-corrected chi connectivity index (χ4v) is 6.87. The number of likely N-dealkylation sites (tertiary alicyclic amines) is 1. The van der Waals surface area contributed by atoms with E-state index >= 15 is 0 Å². The average Bonchev–Trinajstić information content (AvgIpc) is 3.67. The molecule has 1 amide bonds. The SMILES string of the molecule is O=C(c1cccc(Cl)c1)C1C(c2cccs2)C(C(=O)O)N(C(=O)c2cccs2)C1c1cccc([N+](=O)[O-])c1. The number of ketones is 1. The van der Waals surface area contributed by atoms with Gasteiger partial charge in [-0.25, -0.2) is 4.79 Å². The topological polar surface area (TPSA) is 118 Å². The van der Waals surface area contributed by atoms with Gasteiger partial charge in [0.05, 0.1) is 21.8 Å². The van der Waals surface area contributed by atoms with Crippen molar-refractivity contribution in [1.29, 1.82) is 0 Å². The molecule has 0 radical (unpaired) electrons. The number of aliphatic carboxylic acids is 1. The standard InChI is InChI=1S/C27H19ClN2O6S2/c28-17-7-1-6-16(13-17)25(31)22-21(19-9-3-11-37-19)24(27(33)34)29(26(32)20-10-4-12-38-20)23(22)15-5-2-8-18(14-15)30(35)36/h1-14,21-24H,(H,33,34). The lowest BCUT2D eigenvalue weighted by molar-refractivity contribution is -0.385. The van der Waals surface area contributed by atoms with Gasteiger partial charge in [0.25, 0.3) is 11.6 Å². The Labute approximate surface area is 229 Å². The Hall–Kier alpha value is -3.86. The maximum Gasteiger partial charge on any atom is 0.327 e. The van der Waals surface area contributed by atoms with Crippen LogP contribution in [0.2, 0.25) is 5.02 Å². The summed E-state index contributed by atoms with van der Waals surface area (Å²) in [4.78, 5) is 54.2. The fraction of sp³-hybridized carbons (Fsp3) is 0.148. The van der Waals surface area contributed by atoms with Crippen molar-refractivity contribution in [2.75, 3.05) is 0 Å². The quantitative estimate of drug-likeness (QED) is 0.159. The van der Waals surface area contributed by atoms with Crippen molar-refractivity contribution in [1.82, 2.24) is 4.90 Å². The maximum atomic E-state index is 14.2. The van der Waals surface area contributed by atoms with Crippen molar-refractivity contribution in [3.05, 3.63) is 120 Å². The van der Waals surface area contributed by atoms with E-state index in [1.54, 1.807) is 59.3 Å². The first-order valence-corrected chi connectivity index (χ1v) is 13.6. The number of non-ortho nitro benzene ring substituents is 1. The molecule has 192 valence electrons. The van der Waals surface area contributed by atoms with Crippen LogP contribution >= 0.6 is 34.3 Å². The molecular weight excluding hydrogens is 548 g/mol. The predicted octanol–water partition coefficient (Wildman–Crippen LogP) is 6.30. The summed E-state index contributed by atoms with van der Waals surface area (Å²) in [5.74, 6) is -4.21. The van der Waals surface area contributed by atoms with Gasteiger partial charge in [-0.2, -0.15) is 0 Å². The molecule has 38 heavy (non-hydrogen) atoms. The molecule has 4 aromatic rings. The second-order valence-corrected chi connectivity index (χ2v) is 11.1. The number of benzene rings is 2. The summed E-state index contributed by atoms with van der Waals surface area (Å²) >= 11 is 8.63. The number of thiophene rings is 2. The van der Waals surface area contributed by atoms with Crippen molar-refractivity contribution < 1.29 is 24.4 Å². The van der Waals surface area contributed by atoms with Crippen LogP contribution in [0.3, 0.4) is 0 Å². The van der Waals surface area contributed by atoms with E-state index in [1.807, 2.05) is 0 Å². The minimum absolute atomic E-state index is 0.230. The third-order valence-electron chi connectivity index (χ3n) is 6.59. The first kappa shape index (κ1) is 25.8. The van der Waals surface area contributed by atoms with Crippen molar-refractivity contribution in [2.45, 2.75) is 18.0 Å². The number of carboxylic acids is 1. The van der Waals surface area contributed by atoms with E-state index in [4.69, 9.17) is 11.6 Å². The van der Waals surface area contributed by atoms with E-state index < -0.39 is 46.5 Å². The number of nitro benzene ring substituents is 1. The predicted molar refractivity (Wildman–Crippen MR) is 144 cm³/mol. The lowest BCUT2D eigenvalue weighted by atomic mass is 9.78. The number of carbonyl (C=O) groups excluding carboxylic acids is 2. The molecule has 4 unspecified atom stereocenters. The summed E-state index contributed by atoms with van der Waals surface area (Å²) in [6, 6.07) is 16.3. The lowest BCUT2D eigenvalue weighted by Gasteiger charge is -2.30.